The van der Waals surface area contributed by atoms with Gasteiger partial charge in [0.05, 0.1) is 25.4 Å². The summed E-state index contributed by atoms with van der Waals surface area (Å²) >= 11 is 0. The number of unbranched alkanes of at least 4 members (excludes halogenated alkanes) is 28. The van der Waals surface area contributed by atoms with Crippen molar-refractivity contribution < 1.29 is 78.7 Å². The van der Waals surface area contributed by atoms with E-state index in [2.05, 4.69) is 19.2 Å². The van der Waals surface area contributed by atoms with Crippen molar-refractivity contribution in [3.05, 3.63) is 0 Å². The molecule has 2 fully saturated rings. The van der Waals surface area contributed by atoms with Crippen LogP contribution in [0.3, 0.4) is 0 Å². The molecule has 11 N–H and O–H groups in total. The lowest BCUT2D eigenvalue weighted by atomic mass is 9.84. The average Bonchev–Trinajstić information content (AvgIpc) is 3.32. The Morgan fingerprint density at radius 3 is 1.35 bits per heavy atom. The summed E-state index contributed by atoms with van der Waals surface area (Å²) in [5.74, 6) is -0.367. The SMILES string of the molecule is CCCCCCCCCCCCCCCCCCCC(=O)N[C@@H](COP(=O)(O)O[C@H]1C(O)C(O)C(O)[C@@H](O)C1O[C@H]1O[C@H](CO)[C@@H](O)C(O)C1O)[C@H](O)CCCCCCCCCCCCCCC. The Balaban J connectivity index is 1.92. The van der Waals surface area contributed by atoms with E-state index in [1.54, 1.807) is 0 Å². The third kappa shape index (κ3) is 25.7. The van der Waals surface area contributed by atoms with E-state index < -0.39 is 101 Å². The predicted molar refractivity (Wildman–Crippen MR) is 260 cm³/mol. The molecule has 1 heterocycles. The number of nitrogens with one attached hydrogen (secondary N) is 1. The van der Waals surface area contributed by atoms with Gasteiger partial charge < -0.3 is 65.6 Å². The molecule has 1 aliphatic carbocycles. The van der Waals surface area contributed by atoms with Crippen LogP contribution >= 0.6 is 7.82 Å². The van der Waals surface area contributed by atoms with E-state index in [9.17, 15) is 60.2 Å². The van der Waals surface area contributed by atoms with E-state index in [4.69, 9.17) is 18.5 Å². The van der Waals surface area contributed by atoms with Gasteiger partial charge in [-0.05, 0) is 12.8 Å². The van der Waals surface area contributed by atoms with Crippen molar-refractivity contribution in [2.75, 3.05) is 13.2 Å². The van der Waals surface area contributed by atoms with Crippen molar-refractivity contribution in [1.82, 2.24) is 5.32 Å². The lowest BCUT2D eigenvalue weighted by Gasteiger charge is -2.47. The van der Waals surface area contributed by atoms with Crippen LogP contribution < -0.4 is 5.32 Å². The summed E-state index contributed by atoms with van der Waals surface area (Å²) < 4.78 is 34.9. The maximum atomic E-state index is 13.5. The van der Waals surface area contributed by atoms with Crippen LogP contribution in [0.25, 0.3) is 0 Å². The van der Waals surface area contributed by atoms with Gasteiger partial charge in [0.1, 0.15) is 61.0 Å². The first-order valence-electron chi connectivity index (χ1n) is 27.0. The van der Waals surface area contributed by atoms with Crippen molar-refractivity contribution in [3.63, 3.8) is 0 Å². The van der Waals surface area contributed by atoms with Crippen molar-refractivity contribution in [2.24, 2.45) is 0 Å². The molecule has 1 saturated carbocycles. The lowest BCUT2D eigenvalue weighted by Crippen LogP contribution is -2.67. The predicted octanol–water partition coefficient (Wildman–Crippen LogP) is 6.50. The van der Waals surface area contributed by atoms with Gasteiger partial charge in [0.2, 0.25) is 5.91 Å². The van der Waals surface area contributed by atoms with Crippen molar-refractivity contribution in [2.45, 2.75) is 299 Å². The smallest absolute Gasteiger partial charge is 0.394 e. The van der Waals surface area contributed by atoms with Gasteiger partial charge in [0.25, 0.3) is 0 Å². The van der Waals surface area contributed by atoms with E-state index in [-0.39, 0.29) is 18.7 Å². The quantitative estimate of drug-likeness (QED) is 0.0230. The highest BCUT2D eigenvalue weighted by atomic mass is 31.2. The monoisotopic (exact) mass is 1000 g/mol. The maximum Gasteiger partial charge on any atom is 0.472 e. The number of phosphoric ester groups is 1. The summed E-state index contributed by atoms with van der Waals surface area (Å²) in [6.07, 6.45) is 12.9. The third-order valence-electron chi connectivity index (χ3n) is 13.8. The molecule has 0 aromatic carbocycles. The molecule has 68 heavy (non-hydrogen) atoms. The molecular formula is C50H98NO16P. The molecular weight excluding hydrogens is 902 g/mol. The Hall–Kier alpha value is -0.860. The van der Waals surface area contributed by atoms with E-state index in [1.165, 1.54) is 128 Å². The molecule has 17 nitrogen and oxygen atoms in total. The molecule has 7 unspecified atom stereocenters. The van der Waals surface area contributed by atoms with Crippen LogP contribution in [0.2, 0.25) is 0 Å². The standard InChI is InChI=1S/C50H98NO16P/c1-3-5-7-9-11-13-15-17-18-19-20-22-24-26-28-30-32-34-40(54)51-37(38(53)33-31-29-27-25-23-21-16-14-12-10-8-6-4-2)36-64-68(62,63)67-49-46(60)44(58)43(57)45(59)48(49)66-50-47(61)42(56)41(55)39(35-52)65-50/h37-39,41-50,52-53,55-61H,3-36H2,1-2H3,(H,51,54)(H,62,63)/t37-,38+,39+,41+,42?,43?,44?,45+,46?,47?,48?,49-,50+/m0/s1. The maximum absolute atomic E-state index is 13.5. The summed E-state index contributed by atoms with van der Waals surface area (Å²) in [6, 6.07) is -1.13. The molecule has 0 spiro atoms. The van der Waals surface area contributed by atoms with Crippen molar-refractivity contribution in [3.8, 4) is 0 Å². The number of hydrogen-bond donors (Lipinski definition) is 11. The molecule has 0 aromatic heterocycles. The van der Waals surface area contributed by atoms with Gasteiger partial charge in [0, 0.05) is 6.42 Å². The molecule has 1 aliphatic heterocycles. The van der Waals surface area contributed by atoms with Crippen LogP contribution in [-0.4, -0.2) is 149 Å². The van der Waals surface area contributed by atoms with Gasteiger partial charge in [0.15, 0.2) is 6.29 Å². The molecule has 0 aromatic rings. The zero-order chi connectivity index (χ0) is 50.2. The number of phosphoric acid groups is 1. The molecule has 14 atom stereocenters. The topological polar surface area (TPSA) is 285 Å². The molecule has 0 radical (unpaired) electrons. The van der Waals surface area contributed by atoms with E-state index >= 15 is 0 Å². The minimum absolute atomic E-state index is 0.178. The number of ether oxygens (including phenoxy) is 2. The molecule has 2 aliphatic rings. The zero-order valence-corrected chi connectivity index (χ0v) is 42.8. The summed E-state index contributed by atoms with van der Waals surface area (Å²) in [7, 11) is -5.31. The summed E-state index contributed by atoms with van der Waals surface area (Å²) in [4.78, 5) is 24.1. The Kier molecular flexibility index (Phi) is 35.2. The van der Waals surface area contributed by atoms with Gasteiger partial charge in [-0.25, -0.2) is 4.57 Å². The summed E-state index contributed by atoms with van der Waals surface area (Å²) in [5.41, 5.74) is 0. The van der Waals surface area contributed by atoms with Crippen LogP contribution in [-0.2, 0) is 27.9 Å². The number of carbonyl (C=O) groups is 1. The molecule has 404 valence electrons. The van der Waals surface area contributed by atoms with E-state index in [1.807, 2.05) is 0 Å². The minimum Gasteiger partial charge on any atom is -0.394 e. The number of hydrogen-bond acceptors (Lipinski definition) is 15. The van der Waals surface area contributed by atoms with Crippen LogP contribution in [0.5, 0.6) is 0 Å². The van der Waals surface area contributed by atoms with Gasteiger partial charge in [-0.15, -0.1) is 0 Å². The molecule has 2 rings (SSSR count). The van der Waals surface area contributed by atoms with E-state index in [0.717, 1.165) is 51.4 Å². The Morgan fingerprint density at radius 2 is 0.926 bits per heavy atom. The second-order valence-corrected chi connectivity index (χ2v) is 21.2. The molecule has 18 heteroatoms. The van der Waals surface area contributed by atoms with Gasteiger partial charge in [-0.3, -0.25) is 13.8 Å². The lowest BCUT2D eigenvalue weighted by molar-refractivity contribution is -0.338. The highest BCUT2D eigenvalue weighted by Gasteiger charge is 2.55. The normalized spacial score (nSPS) is 28.3. The fraction of sp³-hybridized carbons (Fsp3) is 0.980. The molecule has 0 bridgehead atoms. The average molecular weight is 1000 g/mol. The number of aliphatic hydroxyl groups is 9. The second-order valence-electron chi connectivity index (χ2n) is 19.8. The van der Waals surface area contributed by atoms with Crippen LogP contribution in [0.4, 0.5) is 0 Å². The number of rotatable bonds is 42. The van der Waals surface area contributed by atoms with Gasteiger partial charge in [-0.2, -0.15) is 0 Å². The third-order valence-corrected chi connectivity index (χ3v) is 14.8. The minimum atomic E-state index is -5.31. The zero-order valence-electron chi connectivity index (χ0n) is 41.9. The highest BCUT2D eigenvalue weighted by molar-refractivity contribution is 7.47. The van der Waals surface area contributed by atoms with Gasteiger partial charge in [-0.1, -0.05) is 200 Å². The number of carbonyl (C=O) groups excluding carboxylic acids is 1. The van der Waals surface area contributed by atoms with Crippen LogP contribution in [0.1, 0.15) is 219 Å². The number of amides is 1. The van der Waals surface area contributed by atoms with Crippen LogP contribution in [0, 0.1) is 0 Å². The summed E-state index contributed by atoms with van der Waals surface area (Å²) in [5, 5.41) is 97.2. The fourth-order valence-corrected chi connectivity index (χ4v) is 10.2. The first-order chi connectivity index (χ1) is 32.7. The Bertz CT molecular complexity index is 1290. The van der Waals surface area contributed by atoms with Crippen molar-refractivity contribution >= 4 is 13.7 Å². The Labute approximate surface area is 408 Å². The van der Waals surface area contributed by atoms with E-state index in [0.29, 0.717) is 12.8 Å². The summed E-state index contributed by atoms with van der Waals surface area (Å²) in [6.45, 7) is 2.94. The number of aliphatic hydroxyl groups excluding tert-OH is 9. The molecule has 1 amide bonds. The fourth-order valence-electron chi connectivity index (χ4n) is 9.27. The highest BCUT2D eigenvalue weighted by Crippen LogP contribution is 2.48. The van der Waals surface area contributed by atoms with Crippen LogP contribution in [0.15, 0.2) is 0 Å². The van der Waals surface area contributed by atoms with Gasteiger partial charge >= 0.3 is 7.82 Å². The Morgan fingerprint density at radius 1 is 0.544 bits per heavy atom. The van der Waals surface area contributed by atoms with Crippen molar-refractivity contribution in [1.29, 1.82) is 0 Å². The largest absolute Gasteiger partial charge is 0.472 e. The second kappa shape index (κ2) is 37.8. The first-order valence-corrected chi connectivity index (χ1v) is 28.5. The first kappa shape index (κ1) is 63.3. The molecule has 1 saturated heterocycles.